The molecule has 80 valence electrons. The Hall–Kier alpha value is -1.73. The van der Waals surface area contributed by atoms with Crippen LogP contribution in [0.2, 0.25) is 0 Å². The van der Waals surface area contributed by atoms with E-state index >= 15 is 0 Å². The molecular weight excluding hydrogens is 223 g/mol. The van der Waals surface area contributed by atoms with Crippen LogP contribution in [0.3, 0.4) is 0 Å². The van der Waals surface area contributed by atoms with Gasteiger partial charge in [-0.05, 0) is 31.2 Å². The second kappa shape index (κ2) is 4.42. The number of nitrogens with zero attached hydrogens (tertiary/aromatic N) is 2. The van der Waals surface area contributed by atoms with E-state index < -0.39 is 0 Å². The van der Waals surface area contributed by atoms with Crippen LogP contribution in [0.5, 0.6) is 0 Å². The van der Waals surface area contributed by atoms with Crippen LogP contribution in [-0.2, 0) is 6.42 Å². The zero-order valence-electron chi connectivity index (χ0n) is 8.70. The summed E-state index contributed by atoms with van der Waals surface area (Å²) in [6, 6.07) is 8.30. The lowest BCUT2D eigenvalue weighted by Crippen LogP contribution is -1.84. The van der Waals surface area contributed by atoms with E-state index in [2.05, 4.69) is 11.1 Å². The lowest BCUT2D eigenvalue weighted by molar-refractivity contribution is 0.628. The van der Waals surface area contributed by atoms with Crippen molar-refractivity contribution in [3.63, 3.8) is 0 Å². The first-order valence-electron chi connectivity index (χ1n) is 4.80. The minimum absolute atomic E-state index is 0.255. The lowest BCUT2D eigenvalue weighted by Gasteiger charge is -1.94. The van der Waals surface area contributed by atoms with Gasteiger partial charge >= 0.3 is 0 Å². The normalized spacial score (nSPS) is 10.1. The topological polar surface area (TPSA) is 36.7 Å². The van der Waals surface area contributed by atoms with Gasteiger partial charge in [0.2, 0.25) is 0 Å². The summed E-state index contributed by atoms with van der Waals surface area (Å²) in [4.78, 5) is 5.42. The third-order valence-corrected chi connectivity index (χ3v) is 3.29. The van der Waals surface area contributed by atoms with Crippen LogP contribution >= 0.6 is 11.3 Å². The van der Waals surface area contributed by atoms with Gasteiger partial charge < -0.3 is 0 Å². The Labute approximate surface area is 97.0 Å². The number of benzene rings is 1. The van der Waals surface area contributed by atoms with Gasteiger partial charge in [-0.15, -0.1) is 11.3 Å². The smallest absolute Gasteiger partial charge is 0.123 e. The molecule has 0 aliphatic rings. The molecule has 2 nitrogen and oxygen atoms in total. The number of hydrogen-bond acceptors (Lipinski definition) is 3. The van der Waals surface area contributed by atoms with Gasteiger partial charge in [0, 0.05) is 10.4 Å². The van der Waals surface area contributed by atoms with Crippen molar-refractivity contribution in [1.82, 2.24) is 4.98 Å². The maximum Gasteiger partial charge on any atom is 0.123 e. The molecule has 16 heavy (non-hydrogen) atoms. The van der Waals surface area contributed by atoms with Gasteiger partial charge in [0.1, 0.15) is 10.8 Å². The summed E-state index contributed by atoms with van der Waals surface area (Å²) in [5, 5.41) is 9.46. The van der Waals surface area contributed by atoms with Crippen molar-refractivity contribution >= 4 is 11.3 Å². The monoisotopic (exact) mass is 232 g/mol. The second-order valence-electron chi connectivity index (χ2n) is 3.36. The van der Waals surface area contributed by atoms with Crippen molar-refractivity contribution in [1.29, 1.82) is 5.26 Å². The molecule has 0 bridgehead atoms. The van der Waals surface area contributed by atoms with Gasteiger partial charge in [-0.25, -0.2) is 9.37 Å². The minimum atomic E-state index is -0.255. The van der Waals surface area contributed by atoms with Crippen molar-refractivity contribution in [3.8, 4) is 16.6 Å². The summed E-state index contributed by atoms with van der Waals surface area (Å²) >= 11 is 1.53. The molecular formula is C12H9FN2S. The quantitative estimate of drug-likeness (QED) is 0.796. The van der Waals surface area contributed by atoms with Crippen LogP contribution in [0.1, 0.15) is 10.6 Å². The second-order valence-corrected chi connectivity index (χ2v) is 4.57. The molecule has 0 amide bonds. The summed E-state index contributed by atoms with van der Waals surface area (Å²) in [5.74, 6) is -0.255. The highest BCUT2D eigenvalue weighted by atomic mass is 32.1. The molecule has 0 saturated carbocycles. The van der Waals surface area contributed by atoms with Crippen LogP contribution in [0.25, 0.3) is 10.6 Å². The summed E-state index contributed by atoms with van der Waals surface area (Å²) in [6.45, 7) is 1.94. The van der Waals surface area contributed by atoms with Gasteiger partial charge in [-0.1, -0.05) is 0 Å². The molecule has 0 fully saturated rings. The van der Waals surface area contributed by atoms with Crippen LogP contribution in [-0.4, -0.2) is 4.98 Å². The number of hydrogen-bond donors (Lipinski definition) is 0. The van der Waals surface area contributed by atoms with Gasteiger partial charge in [-0.3, -0.25) is 0 Å². The van der Waals surface area contributed by atoms with E-state index in [0.29, 0.717) is 6.42 Å². The SMILES string of the molecule is Cc1sc(-c2ccc(F)cc2)nc1CC#N. The third kappa shape index (κ3) is 2.10. The molecule has 0 saturated heterocycles. The Kier molecular flexibility index (Phi) is 2.97. The maximum atomic E-state index is 12.7. The van der Waals surface area contributed by atoms with Crippen LogP contribution < -0.4 is 0 Å². The molecule has 1 heterocycles. The number of aryl methyl sites for hydroxylation is 1. The average molecular weight is 232 g/mol. The fourth-order valence-electron chi connectivity index (χ4n) is 1.38. The Bertz CT molecular complexity index is 537. The predicted molar refractivity (Wildman–Crippen MR) is 61.6 cm³/mol. The highest BCUT2D eigenvalue weighted by molar-refractivity contribution is 7.15. The molecule has 0 spiro atoms. The van der Waals surface area contributed by atoms with E-state index in [-0.39, 0.29) is 5.82 Å². The molecule has 0 atom stereocenters. The van der Waals surface area contributed by atoms with E-state index in [9.17, 15) is 4.39 Å². The number of rotatable bonds is 2. The van der Waals surface area contributed by atoms with Gasteiger partial charge in [0.15, 0.2) is 0 Å². The summed E-state index contributed by atoms with van der Waals surface area (Å²) in [5.41, 5.74) is 1.70. The van der Waals surface area contributed by atoms with Crippen LogP contribution in [0.15, 0.2) is 24.3 Å². The summed E-state index contributed by atoms with van der Waals surface area (Å²) < 4.78 is 12.7. The highest BCUT2D eigenvalue weighted by Gasteiger charge is 2.08. The van der Waals surface area contributed by atoms with Crippen molar-refractivity contribution < 1.29 is 4.39 Å². The third-order valence-electron chi connectivity index (χ3n) is 2.23. The number of halogens is 1. The zero-order chi connectivity index (χ0) is 11.5. The van der Waals surface area contributed by atoms with Crippen LogP contribution in [0.4, 0.5) is 4.39 Å². The van der Waals surface area contributed by atoms with E-state index in [1.807, 2.05) is 6.92 Å². The predicted octanol–water partition coefficient (Wildman–Crippen LogP) is 3.32. The zero-order valence-corrected chi connectivity index (χ0v) is 9.51. The lowest BCUT2D eigenvalue weighted by atomic mass is 10.2. The van der Waals surface area contributed by atoms with Gasteiger partial charge in [0.25, 0.3) is 0 Å². The van der Waals surface area contributed by atoms with E-state index in [1.54, 1.807) is 12.1 Å². The standard InChI is InChI=1S/C12H9FN2S/c1-8-11(6-7-14)15-12(16-8)9-2-4-10(13)5-3-9/h2-5H,6H2,1H3. The van der Waals surface area contributed by atoms with Gasteiger partial charge in [-0.2, -0.15) is 5.26 Å². The van der Waals surface area contributed by atoms with Crippen molar-refractivity contribution in [2.75, 3.05) is 0 Å². The van der Waals surface area contributed by atoms with Crippen molar-refractivity contribution in [2.45, 2.75) is 13.3 Å². The Morgan fingerprint density at radius 3 is 2.69 bits per heavy atom. The molecule has 4 heteroatoms. The highest BCUT2D eigenvalue weighted by Crippen LogP contribution is 2.27. The summed E-state index contributed by atoms with van der Waals surface area (Å²) in [7, 11) is 0. The number of thiazole rings is 1. The molecule has 0 aliphatic carbocycles. The summed E-state index contributed by atoms with van der Waals surface area (Å²) in [6.07, 6.45) is 0.323. The fourth-order valence-corrected chi connectivity index (χ4v) is 2.32. The molecule has 0 unspecified atom stereocenters. The number of aromatic nitrogens is 1. The molecule has 1 aromatic carbocycles. The van der Waals surface area contributed by atoms with Crippen molar-refractivity contribution in [2.24, 2.45) is 0 Å². The first-order valence-corrected chi connectivity index (χ1v) is 5.61. The molecule has 1 aromatic heterocycles. The molecule has 0 aliphatic heterocycles. The first-order chi connectivity index (χ1) is 7.70. The van der Waals surface area contributed by atoms with E-state index in [1.165, 1.54) is 23.5 Å². The van der Waals surface area contributed by atoms with E-state index in [4.69, 9.17) is 5.26 Å². The molecule has 0 N–H and O–H groups in total. The molecule has 2 rings (SSSR count). The van der Waals surface area contributed by atoms with Crippen molar-refractivity contribution in [3.05, 3.63) is 40.7 Å². The number of nitriles is 1. The Morgan fingerprint density at radius 1 is 1.38 bits per heavy atom. The maximum absolute atomic E-state index is 12.7. The fraction of sp³-hybridized carbons (Fsp3) is 0.167. The van der Waals surface area contributed by atoms with E-state index in [0.717, 1.165) is 21.1 Å². The minimum Gasteiger partial charge on any atom is -0.240 e. The largest absolute Gasteiger partial charge is 0.240 e. The Morgan fingerprint density at radius 2 is 2.06 bits per heavy atom. The molecule has 2 aromatic rings. The Balaban J connectivity index is 2.38. The molecule has 0 radical (unpaired) electrons. The van der Waals surface area contributed by atoms with Gasteiger partial charge in [0.05, 0.1) is 18.2 Å². The average Bonchev–Trinajstić information content (AvgIpc) is 2.62. The van der Waals surface area contributed by atoms with Crippen LogP contribution in [0, 0.1) is 24.1 Å². The first kappa shape index (κ1) is 10.8.